The van der Waals surface area contributed by atoms with Crippen molar-refractivity contribution < 1.29 is 9.53 Å². The topological polar surface area (TPSA) is 95.1 Å². The van der Waals surface area contributed by atoms with Gasteiger partial charge in [0.2, 0.25) is 11.1 Å². The van der Waals surface area contributed by atoms with Gasteiger partial charge in [0.15, 0.2) is 5.82 Å². The molecule has 0 unspecified atom stereocenters. The van der Waals surface area contributed by atoms with Crippen LogP contribution in [-0.2, 0) is 11.3 Å². The normalized spacial score (nSPS) is 11.8. The van der Waals surface area contributed by atoms with E-state index in [1.165, 1.54) is 22.0 Å². The number of ether oxygens (including phenoxy) is 1. The first-order valence-electron chi connectivity index (χ1n) is 8.82. The number of amides is 1. The number of thioether (sulfide) groups is 1. The standard InChI is InChI=1S/C20H23N5O2S/c1-13-4-6-15(7-5-13)12-22-19(26)14(2)28-20-24-23-18(25(20)21)16-8-10-17(27-3)11-9-16/h4-11,14H,12,21H2,1-3H3,(H,22,26)/t14-/m1/s1. The van der Waals surface area contributed by atoms with Crippen molar-refractivity contribution in [1.82, 2.24) is 20.2 Å². The molecule has 0 aliphatic rings. The van der Waals surface area contributed by atoms with E-state index in [-0.39, 0.29) is 11.2 Å². The maximum atomic E-state index is 12.4. The molecule has 28 heavy (non-hydrogen) atoms. The van der Waals surface area contributed by atoms with Gasteiger partial charge in [-0.1, -0.05) is 41.6 Å². The first-order valence-corrected chi connectivity index (χ1v) is 9.70. The van der Waals surface area contributed by atoms with Crippen LogP contribution in [0.3, 0.4) is 0 Å². The Morgan fingerprint density at radius 1 is 1.18 bits per heavy atom. The van der Waals surface area contributed by atoms with Gasteiger partial charge in [0.1, 0.15) is 5.75 Å². The lowest BCUT2D eigenvalue weighted by molar-refractivity contribution is -0.120. The number of benzene rings is 2. The van der Waals surface area contributed by atoms with Crippen LogP contribution >= 0.6 is 11.8 Å². The van der Waals surface area contributed by atoms with Crippen molar-refractivity contribution in [3.8, 4) is 17.1 Å². The summed E-state index contributed by atoms with van der Waals surface area (Å²) in [6, 6.07) is 15.4. The Hall–Kier alpha value is -3.00. The molecule has 0 fully saturated rings. The largest absolute Gasteiger partial charge is 0.497 e. The Kier molecular flexibility index (Phi) is 6.20. The van der Waals surface area contributed by atoms with Gasteiger partial charge in [-0.05, 0) is 43.7 Å². The summed E-state index contributed by atoms with van der Waals surface area (Å²) in [5.74, 6) is 7.33. The molecule has 1 aromatic heterocycles. The highest BCUT2D eigenvalue weighted by atomic mass is 32.2. The van der Waals surface area contributed by atoms with Crippen LogP contribution < -0.4 is 15.9 Å². The zero-order valence-electron chi connectivity index (χ0n) is 16.0. The molecule has 0 aliphatic carbocycles. The van der Waals surface area contributed by atoms with E-state index in [2.05, 4.69) is 15.5 Å². The Bertz CT molecular complexity index is 938. The number of nitrogen functional groups attached to an aromatic ring is 1. The number of aryl methyl sites for hydroxylation is 1. The second-order valence-electron chi connectivity index (χ2n) is 6.37. The number of hydrogen-bond donors (Lipinski definition) is 2. The molecule has 0 bridgehead atoms. The minimum absolute atomic E-state index is 0.0837. The number of nitrogens with zero attached hydrogens (tertiary/aromatic N) is 3. The van der Waals surface area contributed by atoms with E-state index < -0.39 is 0 Å². The van der Waals surface area contributed by atoms with Crippen LogP contribution in [0.2, 0.25) is 0 Å². The van der Waals surface area contributed by atoms with Crippen LogP contribution in [0.1, 0.15) is 18.1 Å². The number of carbonyl (C=O) groups is 1. The molecule has 0 spiro atoms. The zero-order valence-corrected chi connectivity index (χ0v) is 16.9. The summed E-state index contributed by atoms with van der Waals surface area (Å²) in [6.45, 7) is 4.33. The van der Waals surface area contributed by atoms with Crippen molar-refractivity contribution in [3.05, 3.63) is 59.7 Å². The Labute approximate surface area is 168 Å². The van der Waals surface area contributed by atoms with Crippen molar-refractivity contribution in [1.29, 1.82) is 0 Å². The molecule has 0 radical (unpaired) electrons. The summed E-state index contributed by atoms with van der Waals surface area (Å²) >= 11 is 1.27. The van der Waals surface area contributed by atoms with E-state index in [1.807, 2.05) is 62.4 Å². The number of hydrogen-bond acceptors (Lipinski definition) is 6. The van der Waals surface area contributed by atoms with Crippen LogP contribution in [0, 0.1) is 6.92 Å². The fourth-order valence-corrected chi connectivity index (χ4v) is 3.34. The molecular formula is C20H23N5O2S. The highest BCUT2D eigenvalue weighted by Gasteiger charge is 2.19. The molecular weight excluding hydrogens is 374 g/mol. The fraction of sp³-hybridized carbons (Fsp3) is 0.250. The van der Waals surface area contributed by atoms with E-state index in [1.54, 1.807) is 7.11 Å². The molecule has 3 N–H and O–H groups in total. The minimum Gasteiger partial charge on any atom is -0.497 e. The molecule has 3 rings (SSSR count). The van der Waals surface area contributed by atoms with E-state index in [0.717, 1.165) is 16.9 Å². The molecule has 3 aromatic rings. The number of carbonyl (C=O) groups excluding carboxylic acids is 1. The number of aromatic nitrogens is 3. The van der Waals surface area contributed by atoms with Crippen molar-refractivity contribution in [2.24, 2.45) is 0 Å². The summed E-state index contributed by atoms with van der Waals surface area (Å²) in [6.07, 6.45) is 0. The summed E-state index contributed by atoms with van der Waals surface area (Å²) in [4.78, 5) is 12.4. The van der Waals surface area contributed by atoms with E-state index in [9.17, 15) is 4.79 Å². The molecule has 7 nitrogen and oxygen atoms in total. The Morgan fingerprint density at radius 2 is 1.86 bits per heavy atom. The van der Waals surface area contributed by atoms with Crippen LogP contribution in [0.15, 0.2) is 53.7 Å². The van der Waals surface area contributed by atoms with Crippen molar-refractivity contribution in [3.63, 3.8) is 0 Å². The molecule has 2 aromatic carbocycles. The van der Waals surface area contributed by atoms with Gasteiger partial charge in [-0.25, -0.2) is 4.68 Å². The maximum Gasteiger partial charge on any atom is 0.233 e. The predicted molar refractivity (Wildman–Crippen MR) is 111 cm³/mol. The summed E-state index contributed by atoms with van der Waals surface area (Å²) in [5, 5.41) is 11.3. The second-order valence-corrected chi connectivity index (χ2v) is 7.68. The van der Waals surface area contributed by atoms with Gasteiger partial charge in [-0.15, -0.1) is 10.2 Å². The monoisotopic (exact) mass is 397 g/mol. The van der Waals surface area contributed by atoms with Crippen LogP contribution in [0.5, 0.6) is 5.75 Å². The molecule has 8 heteroatoms. The van der Waals surface area contributed by atoms with Gasteiger partial charge < -0.3 is 15.9 Å². The maximum absolute atomic E-state index is 12.4. The second kappa shape index (κ2) is 8.79. The molecule has 1 amide bonds. The predicted octanol–water partition coefficient (Wildman–Crippen LogP) is 2.77. The lowest BCUT2D eigenvalue weighted by Crippen LogP contribution is -2.30. The molecule has 0 saturated heterocycles. The van der Waals surface area contributed by atoms with Crippen LogP contribution in [-0.4, -0.2) is 33.1 Å². The molecule has 1 heterocycles. The highest BCUT2D eigenvalue weighted by molar-refractivity contribution is 8.00. The van der Waals surface area contributed by atoms with Crippen molar-refractivity contribution in [2.45, 2.75) is 30.8 Å². The molecule has 146 valence electrons. The fourth-order valence-electron chi connectivity index (χ4n) is 2.54. The Morgan fingerprint density at radius 3 is 2.50 bits per heavy atom. The molecule has 1 atom stereocenters. The van der Waals surface area contributed by atoms with Gasteiger partial charge in [-0.2, -0.15) is 0 Å². The number of nitrogens with two attached hydrogens (primary N) is 1. The van der Waals surface area contributed by atoms with Gasteiger partial charge >= 0.3 is 0 Å². The van der Waals surface area contributed by atoms with Gasteiger partial charge in [0.05, 0.1) is 12.4 Å². The zero-order chi connectivity index (χ0) is 20.1. The number of methoxy groups -OCH3 is 1. The van der Waals surface area contributed by atoms with E-state index in [0.29, 0.717) is 17.5 Å². The summed E-state index contributed by atoms with van der Waals surface area (Å²) in [7, 11) is 1.61. The average molecular weight is 398 g/mol. The van der Waals surface area contributed by atoms with E-state index in [4.69, 9.17) is 10.6 Å². The smallest absolute Gasteiger partial charge is 0.233 e. The summed E-state index contributed by atoms with van der Waals surface area (Å²) in [5.41, 5.74) is 3.06. The third kappa shape index (κ3) is 4.64. The molecule has 0 aliphatic heterocycles. The summed E-state index contributed by atoms with van der Waals surface area (Å²) < 4.78 is 6.56. The molecule has 0 saturated carbocycles. The van der Waals surface area contributed by atoms with Crippen molar-refractivity contribution >= 4 is 17.7 Å². The van der Waals surface area contributed by atoms with Crippen LogP contribution in [0.25, 0.3) is 11.4 Å². The number of rotatable bonds is 7. The third-order valence-corrected chi connectivity index (χ3v) is 5.31. The minimum atomic E-state index is -0.360. The average Bonchev–Trinajstić information content (AvgIpc) is 3.07. The Balaban J connectivity index is 1.61. The first-order chi connectivity index (χ1) is 13.5. The lowest BCUT2D eigenvalue weighted by Gasteiger charge is -2.12. The number of nitrogens with one attached hydrogen (secondary N) is 1. The SMILES string of the molecule is COc1ccc(-c2nnc(S[C@H](C)C(=O)NCc3ccc(C)cc3)n2N)cc1. The van der Waals surface area contributed by atoms with Gasteiger partial charge in [0.25, 0.3) is 0 Å². The lowest BCUT2D eigenvalue weighted by atomic mass is 10.1. The van der Waals surface area contributed by atoms with Gasteiger partial charge in [0, 0.05) is 12.1 Å². The van der Waals surface area contributed by atoms with Gasteiger partial charge in [-0.3, -0.25) is 4.79 Å². The van der Waals surface area contributed by atoms with Crippen molar-refractivity contribution in [2.75, 3.05) is 13.0 Å². The van der Waals surface area contributed by atoms with E-state index >= 15 is 0 Å². The quantitative estimate of drug-likeness (QED) is 0.470. The highest BCUT2D eigenvalue weighted by Crippen LogP contribution is 2.26. The third-order valence-electron chi connectivity index (χ3n) is 4.25. The first kappa shape index (κ1) is 19.8. The van der Waals surface area contributed by atoms with Crippen LogP contribution in [0.4, 0.5) is 0 Å².